The highest BCUT2D eigenvalue weighted by atomic mass is 16.3. The lowest BCUT2D eigenvalue weighted by molar-refractivity contribution is 0.132. The van der Waals surface area contributed by atoms with Gasteiger partial charge in [0.25, 0.3) is 0 Å². The molecule has 1 aliphatic carbocycles. The van der Waals surface area contributed by atoms with Crippen LogP contribution in [-0.4, -0.2) is 24.3 Å². The Balaban J connectivity index is 2.09. The largest absolute Gasteiger partial charge is 0.393 e. The molecule has 0 saturated heterocycles. The monoisotopic (exact) mass is 183 g/mol. The van der Waals surface area contributed by atoms with Gasteiger partial charge in [0, 0.05) is 13.1 Å². The molecule has 2 unspecified atom stereocenters. The van der Waals surface area contributed by atoms with E-state index in [0.29, 0.717) is 5.92 Å². The second-order valence-corrected chi connectivity index (χ2v) is 4.20. The Kier molecular flexibility index (Phi) is 4.46. The van der Waals surface area contributed by atoms with E-state index >= 15 is 0 Å². The zero-order valence-corrected chi connectivity index (χ0v) is 8.71. The molecule has 2 N–H and O–H groups in total. The molecule has 2 nitrogen and oxygen atoms in total. The van der Waals surface area contributed by atoms with Gasteiger partial charge in [0.15, 0.2) is 0 Å². The maximum Gasteiger partial charge on any atom is 0.0580 e. The number of nitrogens with one attached hydrogen (secondary N) is 1. The van der Waals surface area contributed by atoms with Crippen LogP contribution in [0.3, 0.4) is 0 Å². The average molecular weight is 183 g/mol. The van der Waals surface area contributed by atoms with Crippen molar-refractivity contribution in [3.63, 3.8) is 0 Å². The van der Waals surface area contributed by atoms with Crippen molar-refractivity contribution in [2.75, 3.05) is 13.1 Å². The molecule has 1 saturated carbocycles. The Morgan fingerprint density at radius 3 is 2.77 bits per heavy atom. The van der Waals surface area contributed by atoms with Crippen molar-refractivity contribution in [3.05, 3.63) is 11.6 Å². The minimum Gasteiger partial charge on any atom is -0.393 e. The maximum atomic E-state index is 9.54. The van der Waals surface area contributed by atoms with Gasteiger partial charge in [-0.25, -0.2) is 0 Å². The lowest BCUT2D eigenvalue weighted by Crippen LogP contribution is -2.27. The summed E-state index contributed by atoms with van der Waals surface area (Å²) in [5.41, 5.74) is 1.35. The summed E-state index contributed by atoms with van der Waals surface area (Å²) in [5.74, 6) is 0.491. The van der Waals surface area contributed by atoms with Gasteiger partial charge in [-0.2, -0.15) is 0 Å². The lowest BCUT2D eigenvalue weighted by Gasteiger charge is -2.14. The van der Waals surface area contributed by atoms with Crippen LogP contribution in [0.4, 0.5) is 0 Å². The summed E-state index contributed by atoms with van der Waals surface area (Å²) in [6.45, 7) is 6.11. The van der Waals surface area contributed by atoms with Crippen LogP contribution in [0.15, 0.2) is 11.6 Å². The quantitative estimate of drug-likeness (QED) is 0.513. The van der Waals surface area contributed by atoms with Crippen LogP contribution >= 0.6 is 0 Å². The average Bonchev–Trinajstić information content (AvgIpc) is 2.45. The van der Waals surface area contributed by atoms with E-state index < -0.39 is 0 Å². The third-order valence-electron chi connectivity index (χ3n) is 2.68. The fourth-order valence-corrected chi connectivity index (χ4v) is 1.80. The number of aliphatic hydroxyl groups excluding tert-OH is 1. The fourth-order valence-electron chi connectivity index (χ4n) is 1.80. The zero-order valence-electron chi connectivity index (χ0n) is 8.71. The molecule has 76 valence electrons. The Labute approximate surface area is 81.0 Å². The molecule has 0 aliphatic heterocycles. The molecule has 2 atom stereocenters. The van der Waals surface area contributed by atoms with Gasteiger partial charge in [-0.1, -0.05) is 18.1 Å². The minimum atomic E-state index is -0.0563. The summed E-state index contributed by atoms with van der Waals surface area (Å²) in [5, 5.41) is 12.9. The van der Waals surface area contributed by atoms with Crippen molar-refractivity contribution in [2.24, 2.45) is 5.92 Å². The molecule has 0 radical (unpaired) electrons. The molecule has 0 spiro atoms. The Morgan fingerprint density at radius 1 is 1.46 bits per heavy atom. The number of aliphatic hydroxyl groups is 1. The predicted molar refractivity (Wildman–Crippen MR) is 55.6 cm³/mol. The standard InChI is InChI=1S/C11H21NO/c1-9(2)6-7-12-8-10-4-3-5-11(10)13/h6,10-13H,3-5,7-8H2,1-2H3. The summed E-state index contributed by atoms with van der Waals surface area (Å²) in [6, 6.07) is 0. The van der Waals surface area contributed by atoms with Crippen LogP contribution in [0.1, 0.15) is 33.1 Å². The third kappa shape index (κ3) is 3.92. The SMILES string of the molecule is CC(C)=CCNCC1CCCC1O. The van der Waals surface area contributed by atoms with E-state index in [-0.39, 0.29) is 6.10 Å². The molecular weight excluding hydrogens is 162 g/mol. The molecule has 0 aromatic carbocycles. The van der Waals surface area contributed by atoms with E-state index in [4.69, 9.17) is 0 Å². The first-order valence-corrected chi connectivity index (χ1v) is 5.22. The summed E-state index contributed by atoms with van der Waals surface area (Å²) < 4.78 is 0. The first-order valence-electron chi connectivity index (χ1n) is 5.22. The summed E-state index contributed by atoms with van der Waals surface area (Å²) in [6.07, 6.45) is 5.49. The van der Waals surface area contributed by atoms with Gasteiger partial charge in [0.2, 0.25) is 0 Å². The van der Waals surface area contributed by atoms with E-state index in [2.05, 4.69) is 25.2 Å². The highest BCUT2D eigenvalue weighted by molar-refractivity contribution is 4.94. The molecule has 0 heterocycles. The van der Waals surface area contributed by atoms with Crippen LogP contribution in [0.25, 0.3) is 0 Å². The van der Waals surface area contributed by atoms with E-state index in [1.165, 1.54) is 18.4 Å². The predicted octanol–water partition coefficient (Wildman–Crippen LogP) is 1.70. The molecule has 0 aromatic rings. The molecule has 0 aromatic heterocycles. The van der Waals surface area contributed by atoms with Crippen molar-refractivity contribution >= 4 is 0 Å². The smallest absolute Gasteiger partial charge is 0.0580 e. The molecule has 13 heavy (non-hydrogen) atoms. The van der Waals surface area contributed by atoms with E-state index in [1.807, 2.05) is 0 Å². The summed E-state index contributed by atoms with van der Waals surface area (Å²) in [7, 11) is 0. The van der Waals surface area contributed by atoms with Gasteiger partial charge in [-0.3, -0.25) is 0 Å². The van der Waals surface area contributed by atoms with Crippen molar-refractivity contribution in [1.82, 2.24) is 5.32 Å². The molecular formula is C11H21NO. The highest BCUT2D eigenvalue weighted by Crippen LogP contribution is 2.24. The molecule has 1 fully saturated rings. The summed E-state index contributed by atoms with van der Waals surface area (Å²) >= 11 is 0. The Morgan fingerprint density at radius 2 is 2.23 bits per heavy atom. The lowest BCUT2D eigenvalue weighted by atomic mass is 10.1. The van der Waals surface area contributed by atoms with E-state index in [1.54, 1.807) is 0 Å². The van der Waals surface area contributed by atoms with Gasteiger partial charge in [0.05, 0.1) is 6.10 Å². The van der Waals surface area contributed by atoms with Crippen LogP contribution in [0.5, 0.6) is 0 Å². The molecule has 0 bridgehead atoms. The molecule has 1 aliphatic rings. The summed E-state index contributed by atoms with van der Waals surface area (Å²) in [4.78, 5) is 0. The van der Waals surface area contributed by atoms with Crippen molar-refractivity contribution in [2.45, 2.75) is 39.2 Å². The van der Waals surface area contributed by atoms with Crippen LogP contribution < -0.4 is 5.32 Å². The first kappa shape index (κ1) is 10.7. The number of hydrogen-bond acceptors (Lipinski definition) is 2. The zero-order chi connectivity index (χ0) is 9.68. The van der Waals surface area contributed by atoms with Gasteiger partial charge < -0.3 is 10.4 Å². The molecule has 2 heteroatoms. The molecule has 1 rings (SSSR count). The van der Waals surface area contributed by atoms with E-state index in [0.717, 1.165) is 19.5 Å². The van der Waals surface area contributed by atoms with Gasteiger partial charge in [-0.15, -0.1) is 0 Å². The molecule has 0 amide bonds. The third-order valence-corrected chi connectivity index (χ3v) is 2.68. The number of rotatable bonds is 4. The van der Waals surface area contributed by atoms with Crippen LogP contribution in [-0.2, 0) is 0 Å². The van der Waals surface area contributed by atoms with Gasteiger partial charge >= 0.3 is 0 Å². The number of allylic oxidation sites excluding steroid dienone is 1. The topological polar surface area (TPSA) is 32.3 Å². The fraction of sp³-hybridized carbons (Fsp3) is 0.818. The van der Waals surface area contributed by atoms with Crippen molar-refractivity contribution in [1.29, 1.82) is 0 Å². The van der Waals surface area contributed by atoms with E-state index in [9.17, 15) is 5.11 Å². The Hall–Kier alpha value is -0.340. The van der Waals surface area contributed by atoms with Gasteiger partial charge in [0.1, 0.15) is 0 Å². The normalized spacial score (nSPS) is 27.6. The van der Waals surface area contributed by atoms with Crippen molar-refractivity contribution < 1.29 is 5.11 Å². The second kappa shape index (κ2) is 5.40. The maximum absolute atomic E-state index is 9.54. The number of hydrogen-bond donors (Lipinski definition) is 2. The first-order chi connectivity index (χ1) is 6.20. The Bertz CT molecular complexity index is 173. The van der Waals surface area contributed by atoms with Crippen LogP contribution in [0.2, 0.25) is 0 Å². The van der Waals surface area contributed by atoms with Crippen molar-refractivity contribution in [3.8, 4) is 0 Å². The highest BCUT2D eigenvalue weighted by Gasteiger charge is 2.24. The minimum absolute atomic E-state index is 0.0563. The van der Waals surface area contributed by atoms with Crippen LogP contribution in [0, 0.1) is 5.92 Å². The second-order valence-electron chi connectivity index (χ2n) is 4.20. The van der Waals surface area contributed by atoms with Gasteiger partial charge in [-0.05, 0) is 32.6 Å².